The fraction of sp³-hybridized carbons (Fsp3) is 0.571. The second-order valence-electron chi connectivity index (χ2n) is 5.12. The average molecular weight is 251 g/mol. The summed E-state index contributed by atoms with van der Waals surface area (Å²) in [5.74, 6) is -0.210. The zero-order chi connectivity index (χ0) is 13.0. The van der Waals surface area contributed by atoms with Crippen molar-refractivity contribution in [2.45, 2.75) is 12.5 Å². The van der Waals surface area contributed by atoms with Crippen molar-refractivity contribution in [2.24, 2.45) is 5.73 Å². The zero-order valence-corrected chi connectivity index (χ0v) is 11.0. The van der Waals surface area contributed by atoms with Crippen LogP contribution in [0.1, 0.15) is 18.0 Å². The SMILES string of the molecule is CN1CCCN(CC(N)c2cccc(F)c2)CC1. The van der Waals surface area contributed by atoms with Crippen LogP contribution >= 0.6 is 0 Å². The Morgan fingerprint density at radius 3 is 2.89 bits per heavy atom. The molecule has 1 aliphatic heterocycles. The Morgan fingerprint density at radius 2 is 2.11 bits per heavy atom. The van der Waals surface area contributed by atoms with Gasteiger partial charge < -0.3 is 15.5 Å². The number of nitrogens with two attached hydrogens (primary N) is 1. The summed E-state index contributed by atoms with van der Waals surface area (Å²) in [4.78, 5) is 4.72. The first kappa shape index (κ1) is 13.5. The molecule has 18 heavy (non-hydrogen) atoms. The Morgan fingerprint density at radius 1 is 1.28 bits per heavy atom. The molecular weight excluding hydrogens is 229 g/mol. The molecule has 1 atom stereocenters. The molecule has 0 aliphatic carbocycles. The first-order valence-electron chi connectivity index (χ1n) is 6.57. The molecule has 1 unspecified atom stereocenters. The van der Waals surface area contributed by atoms with E-state index in [1.54, 1.807) is 6.07 Å². The van der Waals surface area contributed by atoms with Crippen molar-refractivity contribution in [3.8, 4) is 0 Å². The van der Waals surface area contributed by atoms with Gasteiger partial charge in [-0.25, -0.2) is 4.39 Å². The van der Waals surface area contributed by atoms with E-state index in [0.29, 0.717) is 0 Å². The van der Waals surface area contributed by atoms with Crippen molar-refractivity contribution >= 4 is 0 Å². The summed E-state index contributed by atoms with van der Waals surface area (Å²) in [6.45, 7) is 5.14. The van der Waals surface area contributed by atoms with E-state index in [2.05, 4.69) is 16.8 Å². The molecule has 1 aliphatic rings. The molecule has 0 bridgehead atoms. The number of halogens is 1. The molecule has 1 saturated heterocycles. The van der Waals surface area contributed by atoms with E-state index in [-0.39, 0.29) is 11.9 Å². The molecule has 0 spiro atoms. The smallest absolute Gasteiger partial charge is 0.123 e. The summed E-state index contributed by atoms with van der Waals surface area (Å²) in [5, 5.41) is 0. The maximum absolute atomic E-state index is 13.1. The lowest BCUT2D eigenvalue weighted by Crippen LogP contribution is -2.35. The van der Waals surface area contributed by atoms with E-state index in [9.17, 15) is 4.39 Å². The summed E-state index contributed by atoms with van der Waals surface area (Å²) in [6, 6.07) is 6.51. The lowest BCUT2D eigenvalue weighted by molar-refractivity contribution is 0.261. The summed E-state index contributed by atoms with van der Waals surface area (Å²) in [5.41, 5.74) is 7.04. The first-order valence-corrected chi connectivity index (χ1v) is 6.57. The fourth-order valence-corrected chi connectivity index (χ4v) is 2.40. The van der Waals surface area contributed by atoms with Gasteiger partial charge >= 0.3 is 0 Å². The number of hydrogen-bond acceptors (Lipinski definition) is 3. The third-order valence-electron chi connectivity index (χ3n) is 3.54. The lowest BCUT2D eigenvalue weighted by atomic mass is 10.1. The Kier molecular flexibility index (Phi) is 4.69. The first-order chi connectivity index (χ1) is 8.65. The number of hydrogen-bond donors (Lipinski definition) is 1. The monoisotopic (exact) mass is 251 g/mol. The minimum Gasteiger partial charge on any atom is -0.323 e. The standard InChI is InChI=1S/C14H22FN3/c1-17-6-3-7-18(9-8-17)11-14(16)12-4-2-5-13(15)10-12/h2,4-5,10,14H,3,6-9,11,16H2,1H3. The predicted molar refractivity (Wildman–Crippen MR) is 71.9 cm³/mol. The third kappa shape index (κ3) is 3.77. The van der Waals surface area contributed by atoms with E-state index >= 15 is 0 Å². The Balaban J connectivity index is 1.92. The highest BCUT2D eigenvalue weighted by Crippen LogP contribution is 2.14. The Hall–Kier alpha value is -0.970. The van der Waals surface area contributed by atoms with Gasteiger partial charge in [0.2, 0.25) is 0 Å². The summed E-state index contributed by atoms with van der Waals surface area (Å²) in [6.07, 6.45) is 1.17. The quantitative estimate of drug-likeness (QED) is 0.883. The van der Waals surface area contributed by atoms with Crippen molar-refractivity contribution in [1.82, 2.24) is 9.80 Å². The average Bonchev–Trinajstić information content (AvgIpc) is 2.54. The molecule has 1 fully saturated rings. The van der Waals surface area contributed by atoms with Gasteiger partial charge in [-0.15, -0.1) is 0 Å². The number of rotatable bonds is 3. The van der Waals surface area contributed by atoms with Crippen molar-refractivity contribution < 1.29 is 4.39 Å². The molecule has 1 aromatic carbocycles. The van der Waals surface area contributed by atoms with Gasteiger partial charge in [-0.3, -0.25) is 0 Å². The van der Waals surface area contributed by atoms with Crippen LogP contribution in [-0.4, -0.2) is 49.6 Å². The molecule has 0 radical (unpaired) electrons. The highest BCUT2D eigenvalue weighted by molar-refractivity contribution is 5.20. The molecule has 2 rings (SSSR count). The van der Waals surface area contributed by atoms with E-state index in [0.717, 1.165) is 38.3 Å². The molecule has 4 heteroatoms. The highest BCUT2D eigenvalue weighted by atomic mass is 19.1. The normalized spacial score (nSPS) is 20.6. The van der Waals surface area contributed by atoms with Crippen molar-refractivity contribution in [2.75, 3.05) is 39.8 Å². The second-order valence-corrected chi connectivity index (χ2v) is 5.12. The van der Waals surface area contributed by atoms with Gasteiger partial charge in [0.05, 0.1) is 0 Å². The molecule has 0 amide bonds. The Labute approximate surface area is 108 Å². The van der Waals surface area contributed by atoms with Gasteiger partial charge in [-0.2, -0.15) is 0 Å². The van der Waals surface area contributed by atoms with Crippen LogP contribution in [0.2, 0.25) is 0 Å². The molecule has 1 heterocycles. The van der Waals surface area contributed by atoms with E-state index in [1.165, 1.54) is 18.6 Å². The molecule has 3 nitrogen and oxygen atoms in total. The molecule has 1 aromatic rings. The number of benzene rings is 1. The third-order valence-corrected chi connectivity index (χ3v) is 3.54. The van der Waals surface area contributed by atoms with Crippen LogP contribution < -0.4 is 5.73 Å². The highest BCUT2D eigenvalue weighted by Gasteiger charge is 2.16. The molecular formula is C14H22FN3. The molecule has 0 aromatic heterocycles. The maximum Gasteiger partial charge on any atom is 0.123 e. The number of likely N-dealkylation sites (N-methyl/N-ethyl adjacent to an activating group) is 1. The van der Waals surface area contributed by atoms with Crippen molar-refractivity contribution in [3.63, 3.8) is 0 Å². The molecule has 0 saturated carbocycles. The van der Waals surface area contributed by atoms with E-state index in [4.69, 9.17) is 5.73 Å². The van der Waals surface area contributed by atoms with Crippen LogP contribution in [0, 0.1) is 5.82 Å². The molecule has 100 valence electrons. The van der Waals surface area contributed by atoms with E-state index in [1.807, 2.05) is 6.07 Å². The zero-order valence-electron chi connectivity index (χ0n) is 11.0. The van der Waals surface area contributed by atoms with Crippen LogP contribution in [-0.2, 0) is 0 Å². The largest absolute Gasteiger partial charge is 0.323 e. The van der Waals surface area contributed by atoms with Crippen LogP contribution in [0.5, 0.6) is 0 Å². The summed E-state index contributed by atoms with van der Waals surface area (Å²) >= 11 is 0. The minimum atomic E-state index is -0.210. The van der Waals surface area contributed by atoms with E-state index < -0.39 is 0 Å². The number of nitrogens with zero attached hydrogens (tertiary/aromatic N) is 2. The summed E-state index contributed by atoms with van der Waals surface area (Å²) < 4.78 is 13.1. The Bertz CT molecular complexity index is 383. The van der Waals surface area contributed by atoms with Gasteiger partial charge in [0, 0.05) is 25.7 Å². The molecule has 2 N–H and O–H groups in total. The summed E-state index contributed by atoms with van der Waals surface area (Å²) in [7, 11) is 2.15. The van der Waals surface area contributed by atoms with Crippen molar-refractivity contribution in [3.05, 3.63) is 35.6 Å². The predicted octanol–water partition coefficient (Wildman–Crippen LogP) is 1.46. The van der Waals surface area contributed by atoms with Crippen LogP contribution in [0.3, 0.4) is 0 Å². The van der Waals surface area contributed by atoms with Gasteiger partial charge in [0.25, 0.3) is 0 Å². The fourth-order valence-electron chi connectivity index (χ4n) is 2.40. The topological polar surface area (TPSA) is 32.5 Å². The van der Waals surface area contributed by atoms with Gasteiger partial charge in [0.1, 0.15) is 5.82 Å². The van der Waals surface area contributed by atoms with Gasteiger partial charge in [-0.1, -0.05) is 12.1 Å². The lowest BCUT2D eigenvalue weighted by Gasteiger charge is -2.24. The second kappa shape index (κ2) is 6.27. The van der Waals surface area contributed by atoms with Crippen LogP contribution in [0.25, 0.3) is 0 Å². The van der Waals surface area contributed by atoms with Gasteiger partial charge in [0.15, 0.2) is 0 Å². The van der Waals surface area contributed by atoms with Crippen LogP contribution in [0.4, 0.5) is 4.39 Å². The maximum atomic E-state index is 13.1. The minimum absolute atomic E-state index is 0.107. The van der Waals surface area contributed by atoms with Crippen molar-refractivity contribution in [1.29, 1.82) is 0 Å². The van der Waals surface area contributed by atoms with Gasteiger partial charge in [-0.05, 0) is 44.3 Å². The van der Waals surface area contributed by atoms with Crippen LogP contribution in [0.15, 0.2) is 24.3 Å².